The number of ether oxygens (including phenoxy) is 1. The second kappa shape index (κ2) is 12.3. The third-order valence-corrected chi connectivity index (χ3v) is 8.37. The minimum absolute atomic E-state index is 0.0169. The number of hydrogen-bond acceptors (Lipinski definition) is 9. The van der Waals surface area contributed by atoms with Crippen molar-refractivity contribution in [3.05, 3.63) is 74.8 Å². The number of halogens is 4. The maximum Gasteiger partial charge on any atom is 0.407 e. The van der Waals surface area contributed by atoms with Crippen LogP contribution >= 0.6 is 22.9 Å². The molecule has 43 heavy (non-hydrogen) atoms. The van der Waals surface area contributed by atoms with Gasteiger partial charge >= 0.3 is 12.6 Å². The number of nitrogens with zero attached hydrogens (tertiary/aromatic N) is 5. The smallest absolute Gasteiger partial charge is 0.407 e. The van der Waals surface area contributed by atoms with Crippen LogP contribution in [0.2, 0.25) is 5.02 Å². The van der Waals surface area contributed by atoms with Crippen molar-refractivity contribution >= 4 is 52.0 Å². The molecular formula is C28H26ClF3N6O4S. The van der Waals surface area contributed by atoms with Gasteiger partial charge in [0.05, 0.1) is 19.3 Å². The Kier molecular flexibility index (Phi) is 8.69. The van der Waals surface area contributed by atoms with Gasteiger partial charge in [0.25, 0.3) is 0 Å². The van der Waals surface area contributed by atoms with Crippen LogP contribution < -0.4 is 5.32 Å². The molecule has 10 nitrogen and oxygen atoms in total. The molecule has 1 aromatic carbocycles. The van der Waals surface area contributed by atoms with E-state index in [9.17, 15) is 27.6 Å². The minimum atomic E-state index is -2.92. The van der Waals surface area contributed by atoms with Crippen LogP contribution in [0.25, 0.3) is 5.57 Å². The average Bonchev–Trinajstić information content (AvgIpc) is 3.72. The van der Waals surface area contributed by atoms with E-state index in [0.29, 0.717) is 32.4 Å². The van der Waals surface area contributed by atoms with Crippen molar-refractivity contribution in [3.8, 4) is 0 Å². The third-order valence-electron chi connectivity index (χ3n) is 7.27. The summed E-state index contributed by atoms with van der Waals surface area (Å²) in [5.41, 5.74) is -0.225. The molecule has 15 heteroatoms. The van der Waals surface area contributed by atoms with Crippen LogP contribution in [-0.4, -0.2) is 62.4 Å². The molecule has 2 aromatic heterocycles. The van der Waals surface area contributed by atoms with E-state index >= 15 is 0 Å². The molecule has 2 atom stereocenters. The van der Waals surface area contributed by atoms with E-state index in [2.05, 4.69) is 15.4 Å². The number of alkyl halides is 2. The Morgan fingerprint density at radius 1 is 1.26 bits per heavy atom. The van der Waals surface area contributed by atoms with Gasteiger partial charge < -0.3 is 19.7 Å². The second-order valence-electron chi connectivity index (χ2n) is 10.1. The van der Waals surface area contributed by atoms with Crippen LogP contribution in [0.1, 0.15) is 61.5 Å². The van der Waals surface area contributed by atoms with Crippen LogP contribution in [0.5, 0.6) is 0 Å². The lowest BCUT2D eigenvalue weighted by molar-refractivity contribution is -0.125. The summed E-state index contributed by atoms with van der Waals surface area (Å²) in [5.74, 6) is -0.667. The second-order valence-corrected chi connectivity index (χ2v) is 11.4. The van der Waals surface area contributed by atoms with Gasteiger partial charge in [-0.1, -0.05) is 17.7 Å². The zero-order valence-corrected chi connectivity index (χ0v) is 24.6. The lowest BCUT2D eigenvalue weighted by Gasteiger charge is -2.32. The number of alkyl carbamates (subject to hydrolysis) is 1. The molecule has 3 aromatic rings. The molecule has 226 valence electrons. The van der Waals surface area contributed by atoms with Gasteiger partial charge in [0.2, 0.25) is 0 Å². The minimum Gasteiger partial charge on any atom is -0.453 e. The summed E-state index contributed by atoms with van der Waals surface area (Å²) in [5, 5.41) is 9.07. The first kappa shape index (κ1) is 30.4. The monoisotopic (exact) mass is 634 g/mol. The molecule has 2 aliphatic rings. The molecule has 1 fully saturated rings. The van der Waals surface area contributed by atoms with Crippen molar-refractivity contribution in [3.63, 3.8) is 0 Å². The summed E-state index contributed by atoms with van der Waals surface area (Å²) in [4.78, 5) is 49.1. The molecule has 1 saturated heterocycles. The Bertz CT molecular complexity index is 1630. The highest BCUT2D eigenvalue weighted by Crippen LogP contribution is 2.48. The van der Waals surface area contributed by atoms with E-state index in [1.807, 2.05) is 0 Å². The van der Waals surface area contributed by atoms with Crippen molar-refractivity contribution in [2.45, 2.75) is 50.7 Å². The first-order valence-electron chi connectivity index (χ1n) is 13.2. The van der Waals surface area contributed by atoms with Gasteiger partial charge in [-0.25, -0.2) is 18.9 Å². The Hall–Kier alpha value is -4.04. The van der Waals surface area contributed by atoms with Crippen LogP contribution in [0.3, 0.4) is 0 Å². The standard InChI is InChI=1S/C28H26ClF3N6O4S/c1-15(39)4-3-5-21(40)28(35-27(41)42-2)13-20-22(19-8-10-38(36-19)26(31)32)23(17-7-6-16(30)12-18(17)29)34-24(37(20)14-28)25-33-9-11-43-25/h6-12,23,26H,3-5,13-14H2,1-2H3,(H,35,41)/t23-,28+/m0/s1. The number of carbonyl (C=O) groups is 3. The van der Waals surface area contributed by atoms with Gasteiger partial charge in [-0.2, -0.15) is 13.9 Å². The SMILES string of the molecule is COC(=O)N[C@]1(C(=O)CCCC(C)=O)CC2=C(c3ccn(C(F)F)n3)[C@H](c3ccc(F)cc3Cl)N=C(c3nccs3)N2C1. The van der Waals surface area contributed by atoms with Crippen molar-refractivity contribution in [1.29, 1.82) is 0 Å². The highest BCUT2D eigenvalue weighted by Gasteiger charge is 2.52. The topological polar surface area (TPSA) is 119 Å². The van der Waals surface area contributed by atoms with Crippen molar-refractivity contribution in [1.82, 2.24) is 25.0 Å². The highest BCUT2D eigenvalue weighted by molar-refractivity contribution is 7.11. The van der Waals surface area contributed by atoms with E-state index in [1.54, 1.807) is 16.5 Å². The van der Waals surface area contributed by atoms with E-state index in [1.165, 1.54) is 43.6 Å². The van der Waals surface area contributed by atoms with Gasteiger partial charge in [0.1, 0.15) is 23.2 Å². The summed E-state index contributed by atoms with van der Waals surface area (Å²) in [7, 11) is 1.17. The predicted molar refractivity (Wildman–Crippen MR) is 152 cm³/mol. The number of benzene rings is 1. The number of aliphatic imine (C=N–C) groups is 1. The number of hydrogen-bond donors (Lipinski definition) is 1. The van der Waals surface area contributed by atoms with E-state index in [-0.39, 0.29) is 54.5 Å². The number of rotatable bonds is 10. The number of ketones is 2. The number of carbonyl (C=O) groups excluding carboxylic acids is 3. The van der Waals surface area contributed by atoms with Gasteiger partial charge in [0.15, 0.2) is 16.6 Å². The molecular weight excluding hydrogens is 609 g/mol. The molecule has 4 heterocycles. The zero-order chi connectivity index (χ0) is 30.9. The average molecular weight is 635 g/mol. The Morgan fingerprint density at radius 2 is 2.05 bits per heavy atom. The lowest BCUT2D eigenvalue weighted by atomic mass is 9.86. The molecule has 1 amide bonds. The number of Topliss-reactive ketones (excluding diaryl/α,β-unsaturated/α-hetero) is 2. The van der Waals surface area contributed by atoms with Crippen molar-refractivity contribution in [2.24, 2.45) is 4.99 Å². The fourth-order valence-corrected chi connectivity index (χ4v) is 6.23. The van der Waals surface area contributed by atoms with Crippen LogP contribution in [0.15, 0.2) is 52.7 Å². The molecule has 0 spiro atoms. The molecule has 0 aliphatic carbocycles. The van der Waals surface area contributed by atoms with Crippen molar-refractivity contribution in [2.75, 3.05) is 13.7 Å². The van der Waals surface area contributed by atoms with Gasteiger partial charge in [-0.15, -0.1) is 11.3 Å². The molecule has 1 N–H and O–H groups in total. The summed E-state index contributed by atoms with van der Waals surface area (Å²) in [6, 6.07) is 4.22. The fourth-order valence-electron chi connectivity index (χ4n) is 5.32. The first-order valence-corrected chi connectivity index (χ1v) is 14.4. The lowest BCUT2D eigenvalue weighted by Crippen LogP contribution is -2.56. The molecule has 0 radical (unpaired) electrons. The first-order chi connectivity index (χ1) is 20.5. The Morgan fingerprint density at radius 3 is 2.67 bits per heavy atom. The normalized spacial score (nSPS) is 19.8. The van der Waals surface area contributed by atoms with E-state index in [4.69, 9.17) is 21.3 Å². The third kappa shape index (κ3) is 6.07. The number of amides is 1. The summed E-state index contributed by atoms with van der Waals surface area (Å²) in [6.07, 6.45) is 2.19. The van der Waals surface area contributed by atoms with Gasteiger partial charge in [0, 0.05) is 58.9 Å². The summed E-state index contributed by atoms with van der Waals surface area (Å²) >= 11 is 7.78. The molecule has 0 bridgehead atoms. The number of fused-ring (bicyclic) bond motifs is 1. The van der Waals surface area contributed by atoms with Crippen LogP contribution in [0, 0.1) is 5.82 Å². The number of nitrogens with one attached hydrogen (secondary N) is 1. The Balaban J connectivity index is 1.72. The van der Waals surface area contributed by atoms with E-state index < -0.39 is 30.0 Å². The quantitative estimate of drug-likeness (QED) is 0.310. The maximum absolute atomic E-state index is 14.1. The van der Waals surface area contributed by atoms with Crippen molar-refractivity contribution < 1.29 is 32.3 Å². The molecule has 0 saturated carbocycles. The number of amidine groups is 1. The summed E-state index contributed by atoms with van der Waals surface area (Å²) in [6.45, 7) is -1.58. The summed E-state index contributed by atoms with van der Waals surface area (Å²) < 4.78 is 46.7. The Labute approximate surface area is 253 Å². The zero-order valence-electron chi connectivity index (χ0n) is 23.0. The van der Waals surface area contributed by atoms with Gasteiger partial charge in [-0.3, -0.25) is 9.79 Å². The largest absolute Gasteiger partial charge is 0.453 e. The highest BCUT2D eigenvalue weighted by atomic mass is 35.5. The predicted octanol–water partition coefficient (Wildman–Crippen LogP) is 5.57. The van der Waals surface area contributed by atoms with Crippen LogP contribution in [0.4, 0.5) is 18.0 Å². The molecule has 5 rings (SSSR count). The number of aromatic nitrogens is 3. The number of methoxy groups -OCH3 is 1. The molecule has 0 unspecified atom stereocenters. The number of thiazole rings is 1. The molecule has 2 aliphatic heterocycles. The van der Waals surface area contributed by atoms with E-state index in [0.717, 1.165) is 12.3 Å². The fraction of sp³-hybridized carbons (Fsp3) is 0.357. The van der Waals surface area contributed by atoms with Crippen LogP contribution in [-0.2, 0) is 14.3 Å². The maximum atomic E-state index is 14.1. The van der Waals surface area contributed by atoms with Gasteiger partial charge in [-0.05, 0) is 31.5 Å².